The van der Waals surface area contributed by atoms with Crippen LogP contribution in [0.5, 0.6) is 0 Å². The molecule has 1 aromatic carbocycles. The van der Waals surface area contributed by atoms with Gasteiger partial charge in [-0.15, -0.1) is 11.8 Å². The number of aromatic amines is 1. The van der Waals surface area contributed by atoms with E-state index >= 15 is 0 Å². The van der Waals surface area contributed by atoms with Crippen molar-refractivity contribution in [1.82, 2.24) is 25.4 Å². The largest absolute Gasteiger partial charge is 0.361 e. The molecule has 0 spiro atoms. The van der Waals surface area contributed by atoms with Crippen molar-refractivity contribution in [3.05, 3.63) is 71.0 Å². The number of thioether (sulfide) groups is 1. The Morgan fingerprint density at radius 1 is 1.21 bits per heavy atom. The van der Waals surface area contributed by atoms with Crippen molar-refractivity contribution in [3.8, 4) is 0 Å². The summed E-state index contributed by atoms with van der Waals surface area (Å²) in [6.07, 6.45) is 1.69. The number of carbonyl (C=O) groups excluding carboxylic acids is 1. The molecule has 4 rings (SSSR count). The number of amides is 1. The number of imidazole rings is 1. The van der Waals surface area contributed by atoms with Gasteiger partial charge >= 0.3 is 0 Å². The minimum Gasteiger partial charge on any atom is -0.361 e. The number of hydrogen-bond donors (Lipinski definition) is 2. The van der Waals surface area contributed by atoms with E-state index in [9.17, 15) is 4.79 Å². The van der Waals surface area contributed by atoms with Gasteiger partial charge in [-0.2, -0.15) is 0 Å². The quantitative estimate of drug-likeness (QED) is 0.484. The topological polar surface area (TPSA) is 96.7 Å². The van der Waals surface area contributed by atoms with Crippen molar-refractivity contribution in [2.75, 3.05) is 0 Å². The fourth-order valence-corrected chi connectivity index (χ4v) is 4.02. The highest BCUT2D eigenvalue weighted by molar-refractivity contribution is 7.98. The first kappa shape index (κ1) is 18.2. The number of benzene rings is 1. The molecule has 2 N–H and O–H groups in total. The van der Waals surface area contributed by atoms with E-state index < -0.39 is 0 Å². The Hall–Kier alpha value is -3.13. The van der Waals surface area contributed by atoms with Crippen molar-refractivity contribution in [1.29, 1.82) is 0 Å². The summed E-state index contributed by atoms with van der Waals surface area (Å²) in [4.78, 5) is 24.8. The van der Waals surface area contributed by atoms with Crippen LogP contribution in [-0.2, 0) is 12.3 Å². The molecule has 0 saturated carbocycles. The van der Waals surface area contributed by atoms with Crippen LogP contribution in [0, 0.1) is 13.8 Å². The average molecular weight is 393 g/mol. The lowest BCUT2D eigenvalue weighted by molar-refractivity contribution is 0.0946. The van der Waals surface area contributed by atoms with E-state index in [1.54, 1.807) is 18.3 Å². The highest BCUT2D eigenvalue weighted by Gasteiger charge is 2.16. The second kappa shape index (κ2) is 7.85. The molecular weight excluding hydrogens is 374 g/mol. The molecule has 142 valence electrons. The van der Waals surface area contributed by atoms with Gasteiger partial charge in [0.25, 0.3) is 5.91 Å². The predicted octanol–water partition coefficient (Wildman–Crippen LogP) is 3.79. The van der Waals surface area contributed by atoms with Gasteiger partial charge in [0.15, 0.2) is 0 Å². The van der Waals surface area contributed by atoms with Crippen LogP contribution in [-0.4, -0.2) is 26.0 Å². The summed E-state index contributed by atoms with van der Waals surface area (Å²) in [7, 11) is 0. The lowest BCUT2D eigenvalue weighted by Gasteiger charge is -2.08. The Kier molecular flexibility index (Phi) is 5.12. The number of pyridine rings is 1. The smallest absolute Gasteiger partial charge is 0.254 e. The molecule has 1 amide bonds. The van der Waals surface area contributed by atoms with Crippen molar-refractivity contribution < 1.29 is 9.32 Å². The highest BCUT2D eigenvalue weighted by Crippen LogP contribution is 2.27. The summed E-state index contributed by atoms with van der Waals surface area (Å²) in [5.41, 5.74) is 4.25. The summed E-state index contributed by atoms with van der Waals surface area (Å²) >= 11 is 1.49. The number of H-pyrrole nitrogens is 1. The first-order valence-electron chi connectivity index (χ1n) is 8.83. The molecule has 0 unspecified atom stereocenters. The fraction of sp³-hybridized carbons (Fsp3) is 0.200. The summed E-state index contributed by atoms with van der Waals surface area (Å²) in [6.45, 7) is 4.11. The molecule has 7 nitrogen and oxygen atoms in total. The van der Waals surface area contributed by atoms with Gasteiger partial charge in [0.05, 0.1) is 28.8 Å². The second-order valence-corrected chi connectivity index (χ2v) is 7.29. The van der Waals surface area contributed by atoms with E-state index in [0.717, 1.165) is 28.1 Å². The van der Waals surface area contributed by atoms with E-state index in [0.29, 0.717) is 28.7 Å². The minimum atomic E-state index is -0.185. The Morgan fingerprint density at radius 3 is 2.86 bits per heavy atom. The van der Waals surface area contributed by atoms with Gasteiger partial charge in [-0.25, -0.2) is 9.97 Å². The van der Waals surface area contributed by atoms with E-state index in [1.807, 2.05) is 38.1 Å². The Bertz CT molecular complexity index is 1080. The molecule has 3 aromatic heterocycles. The molecule has 0 radical (unpaired) electrons. The van der Waals surface area contributed by atoms with Crippen LogP contribution in [0.1, 0.15) is 33.2 Å². The molecule has 0 aliphatic rings. The van der Waals surface area contributed by atoms with Crippen molar-refractivity contribution in [2.45, 2.75) is 31.2 Å². The first-order valence-corrected chi connectivity index (χ1v) is 9.82. The zero-order valence-corrected chi connectivity index (χ0v) is 16.3. The van der Waals surface area contributed by atoms with Gasteiger partial charge in [0.1, 0.15) is 16.6 Å². The van der Waals surface area contributed by atoms with Crippen LogP contribution < -0.4 is 5.32 Å². The highest BCUT2D eigenvalue weighted by atomic mass is 32.2. The number of rotatable bonds is 6. The maximum atomic E-state index is 12.7. The Morgan fingerprint density at radius 2 is 2.07 bits per heavy atom. The Labute approximate surface area is 166 Å². The molecule has 4 aromatic rings. The van der Waals surface area contributed by atoms with Crippen LogP contribution >= 0.6 is 11.8 Å². The van der Waals surface area contributed by atoms with Crippen LogP contribution in [0.3, 0.4) is 0 Å². The number of nitrogens with zero attached hydrogens (tertiary/aromatic N) is 3. The number of aromatic nitrogens is 4. The summed E-state index contributed by atoms with van der Waals surface area (Å²) in [6, 6.07) is 11.3. The normalized spacial score (nSPS) is 11.1. The monoisotopic (exact) mass is 393 g/mol. The molecule has 0 aliphatic carbocycles. The summed E-state index contributed by atoms with van der Waals surface area (Å²) < 4.78 is 5.20. The molecule has 3 heterocycles. The standard InChI is InChI=1S/C20H19N5O2S/c1-12-15(13(2)27-25-12)11-28-20-14(6-5-9-21-20)19(26)22-10-18-23-16-7-3-4-8-17(16)24-18/h3-9H,10-11H2,1-2H3,(H,22,26)(H,23,24). The number of nitrogens with one attached hydrogen (secondary N) is 2. The fourth-order valence-electron chi connectivity index (χ4n) is 2.88. The maximum absolute atomic E-state index is 12.7. The third kappa shape index (κ3) is 3.77. The van der Waals surface area contributed by atoms with E-state index in [-0.39, 0.29) is 5.91 Å². The molecule has 0 aliphatic heterocycles. The predicted molar refractivity (Wildman–Crippen MR) is 107 cm³/mol. The number of aryl methyl sites for hydroxylation is 2. The van der Waals surface area contributed by atoms with E-state index in [4.69, 9.17) is 4.52 Å². The van der Waals surface area contributed by atoms with Crippen LogP contribution in [0.2, 0.25) is 0 Å². The molecular formula is C20H19N5O2S. The maximum Gasteiger partial charge on any atom is 0.254 e. The van der Waals surface area contributed by atoms with E-state index in [1.165, 1.54) is 11.8 Å². The number of fused-ring (bicyclic) bond motifs is 1. The van der Waals surface area contributed by atoms with Crippen molar-refractivity contribution in [2.24, 2.45) is 0 Å². The minimum absolute atomic E-state index is 0.185. The summed E-state index contributed by atoms with van der Waals surface area (Å²) in [5, 5.41) is 7.56. The lowest BCUT2D eigenvalue weighted by Crippen LogP contribution is -2.24. The van der Waals surface area contributed by atoms with Crippen LogP contribution in [0.15, 0.2) is 52.1 Å². The van der Waals surface area contributed by atoms with E-state index in [2.05, 4.69) is 25.4 Å². The number of hydrogen-bond acceptors (Lipinski definition) is 6. The van der Waals surface area contributed by atoms with Gasteiger partial charge in [0, 0.05) is 17.5 Å². The molecule has 0 saturated heterocycles. The van der Waals surface area contributed by atoms with Gasteiger partial charge in [-0.3, -0.25) is 4.79 Å². The molecule has 0 bridgehead atoms. The van der Waals surface area contributed by atoms with Crippen LogP contribution in [0.25, 0.3) is 11.0 Å². The molecule has 28 heavy (non-hydrogen) atoms. The lowest BCUT2D eigenvalue weighted by atomic mass is 10.2. The third-order valence-electron chi connectivity index (χ3n) is 4.41. The van der Waals surface area contributed by atoms with Crippen molar-refractivity contribution in [3.63, 3.8) is 0 Å². The van der Waals surface area contributed by atoms with Gasteiger partial charge in [-0.1, -0.05) is 17.3 Å². The molecule has 8 heteroatoms. The second-order valence-electron chi connectivity index (χ2n) is 6.33. The Balaban J connectivity index is 1.45. The van der Waals surface area contributed by atoms with Crippen LogP contribution in [0.4, 0.5) is 0 Å². The zero-order valence-electron chi connectivity index (χ0n) is 15.5. The SMILES string of the molecule is Cc1noc(C)c1CSc1ncccc1C(=O)NCc1nc2ccccc2[nH]1. The van der Waals surface area contributed by atoms with Gasteiger partial charge in [-0.05, 0) is 38.1 Å². The number of carbonyl (C=O) groups is 1. The molecule has 0 fully saturated rings. The number of para-hydroxylation sites is 2. The third-order valence-corrected chi connectivity index (χ3v) is 5.44. The summed E-state index contributed by atoms with van der Waals surface area (Å²) in [5.74, 6) is 1.96. The zero-order chi connectivity index (χ0) is 19.5. The average Bonchev–Trinajstić information content (AvgIpc) is 3.27. The molecule has 0 atom stereocenters. The van der Waals surface area contributed by atoms with Gasteiger partial charge < -0.3 is 14.8 Å². The van der Waals surface area contributed by atoms with Gasteiger partial charge in [0.2, 0.25) is 0 Å². The van der Waals surface area contributed by atoms with Crippen molar-refractivity contribution >= 4 is 28.7 Å². The first-order chi connectivity index (χ1) is 13.6.